The molecule has 0 spiro atoms. The van der Waals surface area contributed by atoms with Crippen molar-refractivity contribution in [3.63, 3.8) is 0 Å². The molecule has 0 amide bonds. The second-order valence-electron chi connectivity index (χ2n) is 5.84. The third kappa shape index (κ3) is 3.23. The highest BCUT2D eigenvalue weighted by atomic mass is 79.9. The van der Waals surface area contributed by atoms with E-state index in [1.165, 1.54) is 11.1 Å². The van der Waals surface area contributed by atoms with E-state index in [9.17, 15) is 9.90 Å². The van der Waals surface area contributed by atoms with Crippen LogP contribution in [0.15, 0.2) is 22.7 Å². The molecule has 1 saturated heterocycles. The summed E-state index contributed by atoms with van der Waals surface area (Å²) in [4.78, 5) is 13.8. The molecule has 1 unspecified atom stereocenters. The molecule has 0 aliphatic carbocycles. The van der Waals surface area contributed by atoms with Gasteiger partial charge in [0.05, 0.1) is 5.41 Å². The van der Waals surface area contributed by atoms with Crippen molar-refractivity contribution in [2.45, 2.75) is 39.7 Å². The number of nitrogens with zero attached hydrogens (tertiary/aromatic N) is 1. The van der Waals surface area contributed by atoms with Crippen LogP contribution in [-0.2, 0) is 11.3 Å². The van der Waals surface area contributed by atoms with Crippen LogP contribution >= 0.6 is 15.9 Å². The summed E-state index contributed by atoms with van der Waals surface area (Å²) < 4.78 is 1.12. The molecular formula is C16H22BrNO2. The molecule has 0 bridgehead atoms. The first-order valence-corrected chi connectivity index (χ1v) is 7.97. The Morgan fingerprint density at radius 3 is 2.85 bits per heavy atom. The number of piperidine rings is 1. The van der Waals surface area contributed by atoms with Gasteiger partial charge in [-0.3, -0.25) is 9.69 Å². The number of carbonyl (C=O) groups is 1. The maximum Gasteiger partial charge on any atom is 0.310 e. The average Bonchev–Trinajstić information content (AvgIpc) is 2.43. The third-order valence-corrected chi connectivity index (χ3v) is 5.28. The zero-order valence-corrected chi connectivity index (χ0v) is 13.7. The molecule has 4 heteroatoms. The van der Waals surface area contributed by atoms with Gasteiger partial charge < -0.3 is 5.11 Å². The van der Waals surface area contributed by atoms with Gasteiger partial charge in [-0.1, -0.05) is 35.0 Å². The van der Waals surface area contributed by atoms with E-state index in [-0.39, 0.29) is 0 Å². The molecule has 1 aliphatic heterocycles. The molecule has 1 aromatic rings. The summed E-state index contributed by atoms with van der Waals surface area (Å²) in [6, 6.07) is 6.37. The molecular weight excluding hydrogens is 318 g/mol. The number of aryl methyl sites for hydroxylation is 1. The van der Waals surface area contributed by atoms with Crippen LogP contribution in [0.5, 0.6) is 0 Å². The Morgan fingerprint density at radius 1 is 1.50 bits per heavy atom. The number of halogens is 1. The minimum atomic E-state index is -0.644. The Hall–Kier alpha value is -0.870. The molecule has 20 heavy (non-hydrogen) atoms. The fourth-order valence-electron chi connectivity index (χ4n) is 2.97. The molecule has 1 aliphatic rings. The van der Waals surface area contributed by atoms with Crippen LogP contribution in [0.25, 0.3) is 0 Å². The van der Waals surface area contributed by atoms with Crippen LogP contribution in [0, 0.1) is 12.3 Å². The monoisotopic (exact) mass is 339 g/mol. The molecule has 3 nitrogen and oxygen atoms in total. The van der Waals surface area contributed by atoms with Crippen LogP contribution in [0.2, 0.25) is 0 Å². The Labute approximate surface area is 129 Å². The number of carboxylic acid groups (broad SMARTS) is 1. The molecule has 0 radical (unpaired) electrons. The summed E-state index contributed by atoms with van der Waals surface area (Å²) in [6.07, 6.45) is 2.47. The summed E-state index contributed by atoms with van der Waals surface area (Å²) in [6.45, 7) is 6.53. The van der Waals surface area contributed by atoms with Gasteiger partial charge in [0.25, 0.3) is 0 Å². The lowest BCUT2D eigenvalue weighted by Crippen LogP contribution is -2.47. The van der Waals surface area contributed by atoms with Crippen LogP contribution in [0.1, 0.15) is 37.3 Å². The first-order chi connectivity index (χ1) is 9.47. The van der Waals surface area contributed by atoms with E-state index in [0.717, 1.165) is 30.4 Å². The van der Waals surface area contributed by atoms with Crippen molar-refractivity contribution >= 4 is 21.9 Å². The van der Waals surface area contributed by atoms with Crippen molar-refractivity contribution < 1.29 is 9.90 Å². The lowest BCUT2D eigenvalue weighted by atomic mass is 9.77. The average molecular weight is 340 g/mol. The Bertz CT molecular complexity index is 503. The lowest BCUT2D eigenvalue weighted by Gasteiger charge is -2.39. The standard InChI is InChI=1S/C16H22BrNO2/c1-3-16(15(19)20)7-4-8-18(11-16)10-13-6-5-12(2)14(17)9-13/h5-6,9H,3-4,7-8,10-11H2,1-2H3,(H,19,20). The normalized spacial score (nSPS) is 23.8. The van der Waals surface area contributed by atoms with Gasteiger partial charge in [-0.25, -0.2) is 0 Å². The molecule has 1 fully saturated rings. The number of likely N-dealkylation sites (tertiary alicyclic amines) is 1. The number of carboxylic acids is 1. The second-order valence-corrected chi connectivity index (χ2v) is 6.69. The number of aliphatic carboxylic acids is 1. The number of rotatable bonds is 4. The molecule has 0 saturated carbocycles. The zero-order valence-electron chi connectivity index (χ0n) is 12.2. The fourth-order valence-corrected chi connectivity index (χ4v) is 3.40. The quantitative estimate of drug-likeness (QED) is 0.906. The first kappa shape index (κ1) is 15.5. The number of hydrogen-bond acceptors (Lipinski definition) is 2. The van der Waals surface area contributed by atoms with E-state index in [2.05, 4.69) is 46.0 Å². The molecule has 0 aromatic heterocycles. The van der Waals surface area contributed by atoms with E-state index in [1.54, 1.807) is 0 Å². The fraction of sp³-hybridized carbons (Fsp3) is 0.562. The largest absolute Gasteiger partial charge is 0.481 e. The van der Waals surface area contributed by atoms with Crippen molar-refractivity contribution in [3.8, 4) is 0 Å². The van der Waals surface area contributed by atoms with Gasteiger partial charge in [-0.05, 0) is 49.9 Å². The van der Waals surface area contributed by atoms with Gasteiger partial charge >= 0.3 is 5.97 Å². The molecule has 1 aromatic carbocycles. The molecule has 1 N–H and O–H groups in total. The molecule has 110 valence electrons. The van der Waals surface area contributed by atoms with Gasteiger partial charge in [-0.2, -0.15) is 0 Å². The SMILES string of the molecule is CCC1(C(=O)O)CCCN(Cc2ccc(C)c(Br)c2)C1. The van der Waals surface area contributed by atoms with Crippen LogP contribution in [0.3, 0.4) is 0 Å². The maximum atomic E-state index is 11.6. The van der Waals surface area contributed by atoms with E-state index in [1.807, 2.05) is 6.92 Å². The Kier molecular flexibility index (Phi) is 4.86. The summed E-state index contributed by atoms with van der Waals surface area (Å²) in [7, 11) is 0. The predicted molar refractivity (Wildman–Crippen MR) is 83.7 cm³/mol. The summed E-state index contributed by atoms with van der Waals surface area (Å²) in [5.41, 5.74) is 1.90. The van der Waals surface area contributed by atoms with Crippen LogP contribution in [0.4, 0.5) is 0 Å². The van der Waals surface area contributed by atoms with Crippen LogP contribution in [-0.4, -0.2) is 29.1 Å². The van der Waals surface area contributed by atoms with E-state index < -0.39 is 11.4 Å². The maximum absolute atomic E-state index is 11.6. The minimum Gasteiger partial charge on any atom is -0.481 e. The van der Waals surface area contributed by atoms with Gasteiger partial charge in [0.1, 0.15) is 0 Å². The summed E-state index contributed by atoms with van der Waals surface area (Å²) >= 11 is 3.56. The first-order valence-electron chi connectivity index (χ1n) is 7.17. The second kappa shape index (κ2) is 6.27. The highest BCUT2D eigenvalue weighted by Gasteiger charge is 2.40. The van der Waals surface area contributed by atoms with Crippen molar-refractivity contribution in [1.29, 1.82) is 0 Å². The van der Waals surface area contributed by atoms with Crippen molar-refractivity contribution in [2.24, 2.45) is 5.41 Å². The predicted octanol–water partition coefficient (Wildman–Crippen LogP) is 3.83. The van der Waals surface area contributed by atoms with E-state index in [0.29, 0.717) is 13.0 Å². The minimum absolute atomic E-state index is 0.555. The van der Waals surface area contributed by atoms with E-state index in [4.69, 9.17) is 0 Å². The summed E-state index contributed by atoms with van der Waals surface area (Å²) in [5, 5.41) is 9.52. The van der Waals surface area contributed by atoms with Crippen LogP contribution < -0.4 is 0 Å². The Balaban J connectivity index is 2.09. The van der Waals surface area contributed by atoms with E-state index >= 15 is 0 Å². The molecule has 2 rings (SSSR count). The highest BCUT2D eigenvalue weighted by molar-refractivity contribution is 9.10. The third-order valence-electron chi connectivity index (χ3n) is 4.43. The van der Waals surface area contributed by atoms with Gasteiger partial charge in [0, 0.05) is 17.6 Å². The van der Waals surface area contributed by atoms with Crippen molar-refractivity contribution in [1.82, 2.24) is 4.90 Å². The zero-order chi connectivity index (χ0) is 14.8. The number of benzene rings is 1. The number of hydrogen-bond donors (Lipinski definition) is 1. The van der Waals surface area contributed by atoms with Gasteiger partial charge in [0.15, 0.2) is 0 Å². The van der Waals surface area contributed by atoms with Crippen molar-refractivity contribution in [3.05, 3.63) is 33.8 Å². The Morgan fingerprint density at radius 2 is 2.25 bits per heavy atom. The van der Waals surface area contributed by atoms with Crippen molar-refractivity contribution in [2.75, 3.05) is 13.1 Å². The molecule has 1 atom stereocenters. The van der Waals surface area contributed by atoms with Gasteiger partial charge in [-0.15, -0.1) is 0 Å². The topological polar surface area (TPSA) is 40.5 Å². The smallest absolute Gasteiger partial charge is 0.310 e. The summed E-state index contributed by atoms with van der Waals surface area (Å²) in [5.74, 6) is -0.644. The highest BCUT2D eigenvalue weighted by Crippen LogP contribution is 2.34. The van der Waals surface area contributed by atoms with Gasteiger partial charge in [0.2, 0.25) is 0 Å². The lowest BCUT2D eigenvalue weighted by molar-refractivity contribution is -0.153. The molecule has 1 heterocycles.